The fourth-order valence-electron chi connectivity index (χ4n) is 5.68. The highest BCUT2D eigenvalue weighted by molar-refractivity contribution is 5.69. The molecule has 0 spiro atoms. The summed E-state index contributed by atoms with van der Waals surface area (Å²) in [5.74, 6) is 8.32. The Labute approximate surface area is 258 Å². The van der Waals surface area contributed by atoms with Gasteiger partial charge in [0.15, 0.2) is 12.1 Å². The first-order valence-corrected chi connectivity index (χ1v) is 15.3. The quantitative estimate of drug-likeness (QED) is 0.174. The molecule has 2 aliphatic heterocycles. The highest BCUT2D eigenvalue weighted by Gasteiger charge is 2.28. The summed E-state index contributed by atoms with van der Waals surface area (Å²) in [6, 6.07) is 18.3. The van der Waals surface area contributed by atoms with Gasteiger partial charge in [0.1, 0.15) is 17.6 Å². The highest BCUT2D eigenvalue weighted by Crippen LogP contribution is 2.25. The van der Waals surface area contributed by atoms with E-state index < -0.39 is 0 Å². The minimum Gasteiger partial charge on any atom is -0.469 e. The Morgan fingerprint density at radius 3 is 2.50 bits per heavy atom. The van der Waals surface area contributed by atoms with E-state index in [1.165, 1.54) is 12.7 Å². The van der Waals surface area contributed by atoms with Crippen LogP contribution in [0.25, 0.3) is 11.3 Å². The molecular weight excluding hydrogens is 556 g/mol. The minimum atomic E-state index is -0.190. The molecule has 0 radical (unpaired) electrons. The van der Waals surface area contributed by atoms with Crippen LogP contribution in [0.1, 0.15) is 66.9 Å². The van der Waals surface area contributed by atoms with Crippen molar-refractivity contribution < 1.29 is 23.5 Å². The normalized spacial score (nSPS) is 17.8. The average molecular weight is 595 g/mol. The van der Waals surface area contributed by atoms with Crippen molar-refractivity contribution >= 4 is 5.97 Å². The lowest BCUT2D eigenvalue weighted by Gasteiger charge is -2.38. The fraction of sp³-hybridized carbons (Fsp3) is 0.400. The smallest absolute Gasteiger partial charge is 0.305 e. The maximum absolute atomic E-state index is 11.4. The van der Waals surface area contributed by atoms with E-state index in [0.29, 0.717) is 24.6 Å². The van der Waals surface area contributed by atoms with Gasteiger partial charge in [0.25, 0.3) is 0 Å². The SMILES string of the molecule is COC(=O)CC1CN(Cc2ccc(C#Cc3ccc(-c4cc(Cn5ccnc5C(C)OC5CCCCO5)no4)cc3)cc2)C1. The number of ether oxygens (including phenoxy) is 3. The van der Waals surface area contributed by atoms with E-state index in [4.69, 9.17) is 18.7 Å². The summed E-state index contributed by atoms with van der Waals surface area (Å²) in [7, 11) is 1.44. The van der Waals surface area contributed by atoms with Gasteiger partial charge < -0.3 is 23.3 Å². The monoisotopic (exact) mass is 594 g/mol. The van der Waals surface area contributed by atoms with Crippen LogP contribution in [-0.4, -0.2) is 58.7 Å². The van der Waals surface area contributed by atoms with Crippen LogP contribution < -0.4 is 0 Å². The lowest BCUT2D eigenvalue weighted by atomic mass is 9.95. The van der Waals surface area contributed by atoms with E-state index in [-0.39, 0.29) is 18.4 Å². The Bertz CT molecular complexity index is 1590. The van der Waals surface area contributed by atoms with Crippen LogP contribution in [0.5, 0.6) is 0 Å². The molecule has 0 aliphatic carbocycles. The molecule has 0 N–H and O–H groups in total. The second kappa shape index (κ2) is 14.0. The molecule has 0 amide bonds. The number of hydrogen-bond acceptors (Lipinski definition) is 8. The summed E-state index contributed by atoms with van der Waals surface area (Å²) in [5, 5.41) is 4.30. The molecule has 0 bridgehead atoms. The molecule has 2 aromatic heterocycles. The van der Waals surface area contributed by atoms with Crippen LogP contribution in [0.3, 0.4) is 0 Å². The molecule has 4 aromatic rings. The topological polar surface area (TPSA) is 91.9 Å². The zero-order chi connectivity index (χ0) is 30.3. The Hall–Kier alpha value is -4.23. The summed E-state index contributed by atoms with van der Waals surface area (Å²) in [6.45, 7) is 6.03. The molecule has 228 valence electrons. The summed E-state index contributed by atoms with van der Waals surface area (Å²) < 4.78 is 24.3. The molecule has 9 heteroatoms. The van der Waals surface area contributed by atoms with E-state index in [1.807, 2.05) is 48.0 Å². The van der Waals surface area contributed by atoms with Crippen LogP contribution in [0, 0.1) is 17.8 Å². The summed E-state index contributed by atoms with van der Waals surface area (Å²) in [6.07, 6.45) is 6.98. The summed E-state index contributed by atoms with van der Waals surface area (Å²) >= 11 is 0. The third-order valence-corrected chi connectivity index (χ3v) is 8.09. The number of carbonyl (C=O) groups excluding carboxylic acids is 1. The minimum absolute atomic E-state index is 0.128. The van der Waals surface area contributed by atoms with Crippen molar-refractivity contribution in [2.75, 3.05) is 26.8 Å². The number of nitrogens with zero attached hydrogens (tertiary/aromatic N) is 4. The van der Waals surface area contributed by atoms with Crippen molar-refractivity contribution in [2.45, 2.75) is 58.1 Å². The van der Waals surface area contributed by atoms with Crippen molar-refractivity contribution in [2.24, 2.45) is 5.92 Å². The zero-order valence-corrected chi connectivity index (χ0v) is 25.3. The Morgan fingerprint density at radius 1 is 1.05 bits per heavy atom. The molecule has 2 fully saturated rings. The first kappa shape index (κ1) is 29.8. The number of likely N-dealkylation sites (tertiary alicyclic amines) is 1. The first-order chi connectivity index (χ1) is 21.5. The molecule has 2 saturated heterocycles. The standard InChI is InChI=1S/C35H38N4O5/c1-25(43-34-5-3-4-18-42-34)35-36-16-17-39(35)24-31-20-32(44-37-31)30-14-12-27(13-15-30)7-6-26-8-10-28(11-9-26)21-38-22-29(23-38)19-33(40)41-2/h8-17,20,25,29,34H,3-5,18-19,21-24H2,1-2H3. The number of hydrogen-bond donors (Lipinski definition) is 0. The summed E-state index contributed by atoms with van der Waals surface area (Å²) in [4.78, 5) is 18.3. The molecule has 0 saturated carbocycles. The van der Waals surface area contributed by atoms with Gasteiger partial charge in [-0.05, 0) is 74.1 Å². The largest absolute Gasteiger partial charge is 0.469 e. The maximum Gasteiger partial charge on any atom is 0.305 e. The number of carbonyl (C=O) groups is 1. The van der Waals surface area contributed by atoms with Gasteiger partial charge in [0.05, 0.1) is 20.1 Å². The third-order valence-electron chi connectivity index (χ3n) is 8.09. The molecule has 6 rings (SSSR count). The van der Waals surface area contributed by atoms with Crippen LogP contribution in [0.15, 0.2) is 71.5 Å². The van der Waals surface area contributed by atoms with E-state index in [2.05, 4.69) is 51.1 Å². The predicted octanol–water partition coefficient (Wildman–Crippen LogP) is 5.59. The molecule has 2 aromatic carbocycles. The lowest BCUT2D eigenvalue weighted by molar-refractivity contribution is -0.188. The van der Waals surface area contributed by atoms with Crippen molar-refractivity contribution in [1.82, 2.24) is 19.6 Å². The lowest BCUT2D eigenvalue weighted by Crippen LogP contribution is -2.46. The van der Waals surface area contributed by atoms with Crippen LogP contribution in [-0.2, 0) is 32.1 Å². The second-order valence-corrected chi connectivity index (χ2v) is 11.5. The van der Waals surface area contributed by atoms with E-state index in [1.54, 1.807) is 6.20 Å². The van der Waals surface area contributed by atoms with Gasteiger partial charge in [-0.2, -0.15) is 0 Å². The molecule has 2 unspecified atom stereocenters. The van der Waals surface area contributed by atoms with E-state index >= 15 is 0 Å². The molecule has 4 heterocycles. The predicted molar refractivity (Wildman–Crippen MR) is 164 cm³/mol. The van der Waals surface area contributed by atoms with Crippen molar-refractivity contribution in [3.05, 3.63) is 95.2 Å². The maximum atomic E-state index is 11.4. The van der Waals surface area contributed by atoms with Gasteiger partial charge in [0.2, 0.25) is 0 Å². The molecule has 9 nitrogen and oxygen atoms in total. The number of esters is 1. The zero-order valence-electron chi connectivity index (χ0n) is 25.3. The molecule has 2 atom stereocenters. The molecule has 2 aliphatic rings. The fourth-order valence-corrected chi connectivity index (χ4v) is 5.68. The van der Waals surface area contributed by atoms with Gasteiger partial charge in [-0.1, -0.05) is 29.1 Å². The third kappa shape index (κ3) is 7.64. The van der Waals surface area contributed by atoms with Crippen molar-refractivity contribution in [3.8, 4) is 23.2 Å². The average Bonchev–Trinajstić information content (AvgIpc) is 3.70. The van der Waals surface area contributed by atoms with Gasteiger partial charge in [-0.3, -0.25) is 9.69 Å². The van der Waals surface area contributed by atoms with Gasteiger partial charge >= 0.3 is 5.97 Å². The first-order valence-electron chi connectivity index (χ1n) is 15.3. The summed E-state index contributed by atoms with van der Waals surface area (Å²) in [5.41, 5.74) is 4.88. The van der Waals surface area contributed by atoms with Gasteiger partial charge in [-0.15, -0.1) is 0 Å². The van der Waals surface area contributed by atoms with Crippen LogP contribution in [0.4, 0.5) is 0 Å². The van der Waals surface area contributed by atoms with E-state index in [0.717, 1.165) is 73.7 Å². The Balaban J connectivity index is 1.00. The molecular formula is C35H38N4O5. The number of benzene rings is 2. The van der Waals surface area contributed by atoms with Crippen molar-refractivity contribution in [1.29, 1.82) is 0 Å². The van der Waals surface area contributed by atoms with Crippen LogP contribution in [0.2, 0.25) is 0 Å². The second-order valence-electron chi connectivity index (χ2n) is 11.5. The number of imidazole rings is 1. The number of rotatable bonds is 10. The number of methoxy groups -OCH3 is 1. The van der Waals surface area contributed by atoms with E-state index in [9.17, 15) is 4.79 Å². The van der Waals surface area contributed by atoms with Crippen LogP contribution >= 0.6 is 0 Å². The molecule has 44 heavy (non-hydrogen) atoms. The Kier molecular flexibility index (Phi) is 9.51. The highest BCUT2D eigenvalue weighted by atomic mass is 16.7. The van der Waals surface area contributed by atoms with Gasteiger partial charge in [-0.25, -0.2) is 4.98 Å². The van der Waals surface area contributed by atoms with Gasteiger partial charge in [0, 0.05) is 61.4 Å². The Morgan fingerprint density at radius 2 is 1.80 bits per heavy atom. The number of aromatic nitrogens is 3. The van der Waals surface area contributed by atoms with Crippen molar-refractivity contribution in [3.63, 3.8) is 0 Å².